The fourth-order valence-corrected chi connectivity index (χ4v) is 2.11. The fourth-order valence-electron chi connectivity index (χ4n) is 1.17. The molecular weight excluding hydrogens is 276 g/mol. The number of hydrogen-bond donors (Lipinski definition) is 2. The van der Waals surface area contributed by atoms with Crippen LogP contribution < -0.4 is 11.1 Å². The molecule has 0 spiro atoms. The maximum Gasteiger partial charge on any atom is 0.239 e. The van der Waals surface area contributed by atoms with Gasteiger partial charge in [0.15, 0.2) is 9.84 Å². The van der Waals surface area contributed by atoms with Gasteiger partial charge in [0.2, 0.25) is 5.91 Å². The van der Waals surface area contributed by atoms with Gasteiger partial charge in [-0.25, -0.2) is 8.42 Å². The summed E-state index contributed by atoms with van der Waals surface area (Å²) in [5.74, 6) is -1.20. The molecule has 7 heteroatoms. The Hall–Kier alpha value is -1.27. The number of sulfone groups is 1. The second kappa shape index (κ2) is 5.58. The highest BCUT2D eigenvalue weighted by Gasteiger charge is 2.21. The number of carbonyl (C=O) groups is 1. The minimum Gasteiger partial charge on any atom is -0.399 e. The first kappa shape index (κ1) is 14.8. The second-order valence-corrected chi connectivity index (χ2v) is 7.11. The summed E-state index contributed by atoms with van der Waals surface area (Å²) in [6.07, 6.45) is 0. The highest BCUT2D eigenvalue weighted by atomic mass is 35.5. The van der Waals surface area contributed by atoms with Gasteiger partial charge in [-0.1, -0.05) is 11.6 Å². The highest BCUT2D eigenvalue weighted by Crippen LogP contribution is 2.24. The summed E-state index contributed by atoms with van der Waals surface area (Å²) in [6.45, 7) is 3.05. The Morgan fingerprint density at radius 3 is 2.61 bits per heavy atom. The molecule has 0 heterocycles. The molecule has 0 saturated carbocycles. The average Bonchev–Trinajstić information content (AvgIpc) is 2.22. The third-order valence-electron chi connectivity index (χ3n) is 2.32. The first-order valence-electron chi connectivity index (χ1n) is 5.29. The van der Waals surface area contributed by atoms with Crippen LogP contribution in [0.5, 0.6) is 0 Å². The zero-order valence-corrected chi connectivity index (χ0v) is 11.7. The summed E-state index contributed by atoms with van der Waals surface area (Å²) in [6, 6.07) is 4.59. The van der Waals surface area contributed by atoms with Crippen molar-refractivity contribution in [1.82, 2.24) is 0 Å². The Bertz CT molecular complexity index is 555. The summed E-state index contributed by atoms with van der Waals surface area (Å²) < 4.78 is 23.1. The van der Waals surface area contributed by atoms with E-state index < -0.39 is 26.7 Å². The lowest BCUT2D eigenvalue weighted by atomic mass is 10.3. The van der Waals surface area contributed by atoms with Crippen LogP contribution >= 0.6 is 11.6 Å². The van der Waals surface area contributed by atoms with Gasteiger partial charge in [-0.05, 0) is 32.0 Å². The normalized spacial score (nSPS) is 11.6. The second-order valence-electron chi connectivity index (χ2n) is 4.14. The third-order valence-corrected chi connectivity index (χ3v) is 4.75. The van der Waals surface area contributed by atoms with Crippen molar-refractivity contribution in [3.63, 3.8) is 0 Å². The van der Waals surface area contributed by atoms with Crippen molar-refractivity contribution >= 4 is 38.7 Å². The number of amides is 1. The van der Waals surface area contributed by atoms with Crippen molar-refractivity contribution in [2.75, 3.05) is 16.8 Å². The van der Waals surface area contributed by atoms with Crippen molar-refractivity contribution in [3.8, 4) is 0 Å². The summed E-state index contributed by atoms with van der Waals surface area (Å²) in [5, 5.41) is 2.14. The third kappa shape index (κ3) is 3.89. The maximum absolute atomic E-state index is 11.6. The van der Waals surface area contributed by atoms with Gasteiger partial charge in [0.25, 0.3) is 0 Å². The van der Waals surface area contributed by atoms with Crippen LogP contribution in [0.4, 0.5) is 11.4 Å². The van der Waals surface area contributed by atoms with E-state index in [-0.39, 0.29) is 0 Å². The van der Waals surface area contributed by atoms with Crippen molar-refractivity contribution in [3.05, 3.63) is 23.2 Å². The summed E-state index contributed by atoms with van der Waals surface area (Å²) in [4.78, 5) is 11.6. The Kier molecular flexibility index (Phi) is 4.59. The lowest BCUT2D eigenvalue weighted by Gasteiger charge is -2.10. The standard InChI is InChI=1S/C11H15ClN2O3S/c1-7(2)18(16,17)6-11(15)14-10-5-8(13)3-4-9(10)12/h3-5,7H,6,13H2,1-2H3,(H,14,15). The van der Waals surface area contributed by atoms with Gasteiger partial charge in [0, 0.05) is 5.69 Å². The lowest BCUT2D eigenvalue weighted by molar-refractivity contribution is -0.113. The van der Waals surface area contributed by atoms with Gasteiger partial charge in [-0.2, -0.15) is 0 Å². The number of nitrogens with one attached hydrogen (secondary N) is 1. The Labute approximate surface area is 111 Å². The molecule has 0 fully saturated rings. The molecule has 0 aliphatic carbocycles. The van der Waals surface area contributed by atoms with Gasteiger partial charge in [-0.15, -0.1) is 0 Å². The smallest absolute Gasteiger partial charge is 0.239 e. The molecule has 3 N–H and O–H groups in total. The Balaban J connectivity index is 2.80. The van der Waals surface area contributed by atoms with Crippen LogP contribution in [0.3, 0.4) is 0 Å². The first-order valence-corrected chi connectivity index (χ1v) is 7.38. The molecule has 1 aromatic rings. The number of halogens is 1. The number of nitrogen functional groups attached to an aromatic ring is 1. The number of rotatable bonds is 4. The number of benzene rings is 1. The zero-order valence-electron chi connectivity index (χ0n) is 10.1. The predicted molar refractivity (Wildman–Crippen MR) is 73.4 cm³/mol. The molecule has 100 valence electrons. The van der Waals surface area contributed by atoms with Crippen LogP contribution in [0, 0.1) is 0 Å². The number of nitrogens with two attached hydrogens (primary N) is 1. The predicted octanol–water partition coefficient (Wildman–Crippen LogP) is 1.68. The summed E-state index contributed by atoms with van der Waals surface area (Å²) in [7, 11) is -3.43. The van der Waals surface area contributed by atoms with Gasteiger partial charge in [0.1, 0.15) is 5.75 Å². The fraction of sp³-hybridized carbons (Fsp3) is 0.364. The van der Waals surface area contributed by atoms with Crippen LogP contribution in [0.15, 0.2) is 18.2 Å². The Morgan fingerprint density at radius 1 is 1.44 bits per heavy atom. The molecule has 18 heavy (non-hydrogen) atoms. The first-order chi connectivity index (χ1) is 8.22. The average molecular weight is 291 g/mol. The molecule has 0 aliphatic heterocycles. The number of hydrogen-bond acceptors (Lipinski definition) is 4. The van der Waals surface area contributed by atoms with Gasteiger partial charge < -0.3 is 11.1 Å². The highest BCUT2D eigenvalue weighted by molar-refractivity contribution is 7.92. The van der Waals surface area contributed by atoms with E-state index in [0.717, 1.165) is 0 Å². The van der Waals surface area contributed by atoms with Gasteiger partial charge >= 0.3 is 0 Å². The minimum atomic E-state index is -3.43. The van der Waals surface area contributed by atoms with E-state index in [9.17, 15) is 13.2 Å². The number of anilines is 2. The quantitative estimate of drug-likeness (QED) is 0.826. The Morgan fingerprint density at radius 2 is 2.06 bits per heavy atom. The zero-order chi connectivity index (χ0) is 13.9. The van der Waals surface area contributed by atoms with E-state index in [4.69, 9.17) is 17.3 Å². The molecule has 0 atom stereocenters. The van der Waals surface area contributed by atoms with Crippen LogP contribution in [0.2, 0.25) is 5.02 Å². The molecule has 0 radical (unpaired) electrons. The summed E-state index contributed by atoms with van der Waals surface area (Å²) >= 11 is 5.85. The van der Waals surface area contributed by atoms with Crippen LogP contribution in [0.1, 0.15) is 13.8 Å². The SMILES string of the molecule is CC(C)S(=O)(=O)CC(=O)Nc1cc(N)ccc1Cl. The van der Waals surface area contributed by atoms with E-state index in [2.05, 4.69) is 5.32 Å². The molecular formula is C11H15ClN2O3S. The van der Waals surface area contributed by atoms with Crippen LogP contribution in [0.25, 0.3) is 0 Å². The molecule has 1 aromatic carbocycles. The molecule has 5 nitrogen and oxygen atoms in total. The minimum absolute atomic E-state index is 0.305. The van der Waals surface area contributed by atoms with E-state index >= 15 is 0 Å². The van der Waals surface area contributed by atoms with E-state index in [0.29, 0.717) is 16.4 Å². The van der Waals surface area contributed by atoms with Crippen molar-refractivity contribution in [2.45, 2.75) is 19.1 Å². The van der Waals surface area contributed by atoms with Gasteiger partial charge in [0.05, 0.1) is 16.0 Å². The summed E-state index contributed by atoms with van der Waals surface area (Å²) in [5.41, 5.74) is 6.29. The molecule has 0 aromatic heterocycles. The number of carbonyl (C=O) groups excluding carboxylic acids is 1. The monoisotopic (exact) mass is 290 g/mol. The molecule has 1 amide bonds. The lowest BCUT2D eigenvalue weighted by Crippen LogP contribution is -2.28. The maximum atomic E-state index is 11.6. The van der Waals surface area contributed by atoms with E-state index in [1.54, 1.807) is 6.07 Å². The van der Waals surface area contributed by atoms with Crippen molar-refractivity contribution < 1.29 is 13.2 Å². The molecule has 0 aliphatic rings. The largest absolute Gasteiger partial charge is 0.399 e. The molecule has 0 bridgehead atoms. The molecule has 0 unspecified atom stereocenters. The van der Waals surface area contributed by atoms with Crippen LogP contribution in [-0.2, 0) is 14.6 Å². The molecule has 0 saturated heterocycles. The van der Waals surface area contributed by atoms with Crippen LogP contribution in [-0.4, -0.2) is 25.3 Å². The van der Waals surface area contributed by atoms with Crippen molar-refractivity contribution in [1.29, 1.82) is 0 Å². The van der Waals surface area contributed by atoms with Crippen molar-refractivity contribution in [2.24, 2.45) is 0 Å². The van der Waals surface area contributed by atoms with Gasteiger partial charge in [-0.3, -0.25) is 4.79 Å². The topological polar surface area (TPSA) is 89.3 Å². The van der Waals surface area contributed by atoms with E-state index in [1.165, 1.54) is 26.0 Å². The van der Waals surface area contributed by atoms with E-state index in [1.807, 2.05) is 0 Å². The molecule has 1 rings (SSSR count).